The monoisotopic (exact) mass is 1210 g/mol. The maximum Gasteiger partial charge on any atom is 0.421 e. The van der Waals surface area contributed by atoms with Crippen LogP contribution in [0.25, 0.3) is 28.1 Å². The molecular weight excluding hydrogens is 1150 g/mol. The van der Waals surface area contributed by atoms with Crippen molar-refractivity contribution in [2.75, 3.05) is 37.6 Å². The summed E-state index contributed by atoms with van der Waals surface area (Å²) in [6, 6.07) is 7.87. The molecule has 2 aliphatic rings. The van der Waals surface area contributed by atoms with Gasteiger partial charge >= 0.3 is 35.9 Å². The van der Waals surface area contributed by atoms with Crippen LogP contribution in [0.5, 0.6) is 0 Å². The highest BCUT2D eigenvalue weighted by atomic mass is 79.9. The predicted octanol–water partition coefficient (Wildman–Crippen LogP) is 9.42. The van der Waals surface area contributed by atoms with E-state index in [-0.39, 0.29) is 86.1 Å². The van der Waals surface area contributed by atoms with E-state index in [2.05, 4.69) is 51.2 Å². The lowest BCUT2D eigenvalue weighted by atomic mass is 9.76. The van der Waals surface area contributed by atoms with Crippen LogP contribution >= 0.6 is 15.9 Å². The van der Waals surface area contributed by atoms with Crippen molar-refractivity contribution in [1.29, 1.82) is 0 Å². The summed E-state index contributed by atoms with van der Waals surface area (Å²) in [7, 11) is 0. The molecule has 8 rings (SSSR count). The van der Waals surface area contributed by atoms with Crippen molar-refractivity contribution >= 4 is 51.1 Å². The van der Waals surface area contributed by atoms with E-state index in [1.807, 2.05) is 0 Å². The standard InChI is InChI=1S/C25H28F3N7O5.C17H22BrF3N2O3.C8H7N5O2/c1-23(2,3)40-22(36)33-10-7-16(8-11-33)24(37,25(26,27)28)17-4-5-19(31-13-17)34-14-15(12-32-34)18-6-9-30-21(29)20(18)35(38)39;1-15(2,3)26-14(24)23-8-6-11(7-9-23)16(25,17(19,20)21)12-4-5-13(18)22-10-12;9-8-7(13(14)15)6(1-2-10-8)5-3-11-12-4-5/h4-6,9,12-14,16,37H,7-8,10-11H2,1-3H3,(H2,29,30);4-5,10-11,25H,6-9H2,1-3H3;1-4H,(H2,9,10)(H,11,12). The number of carbonyl (C=O) groups excluding carboxylic acids is 2. The van der Waals surface area contributed by atoms with E-state index >= 15 is 0 Å². The number of pyridine rings is 4. The van der Waals surface area contributed by atoms with Crippen LogP contribution in [0.2, 0.25) is 0 Å². The van der Waals surface area contributed by atoms with Crippen LogP contribution in [-0.4, -0.2) is 132 Å². The minimum absolute atomic E-state index is 0.00527. The first-order valence-electron chi connectivity index (χ1n) is 24.6. The molecule has 31 heteroatoms. The molecule has 0 aromatic carbocycles. The molecule has 436 valence electrons. The number of nitrogen functional groups attached to an aromatic ring is 2. The van der Waals surface area contributed by atoms with Gasteiger partial charge in [0.2, 0.25) is 11.6 Å². The number of rotatable bonds is 9. The summed E-state index contributed by atoms with van der Waals surface area (Å²) in [6.45, 7) is 10.4. The Morgan fingerprint density at radius 2 is 1.09 bits per heavy atom. The Morgan fingerprint density at radius 3 is 1.44 bits per heavy atom. The fourth-order valence-electron chi connectivity index (χ4n) is 9.00. The number of nitrogens with one attached hydrogen (secondary N) is 1. The molecule has 81 heavy (non-hydrogen) atoms. The number of aromatic amines is 1. The van der Waals surface area contributed by atoms with Crippen LogP contribution in [0.3, 0.4) is 0 Å². The molecule has 7 N–H and O–H groups in total. The number of H-pyrrole nitrogens is 1. The van der Waals surface area contributed by atoms with E-state index in [4.69, 9.17) is 20.9 Å². The molecule has 2 fully saturated rings. The average molecular weight is 1210 g/mol. The zero-order valence-electron chi connectivity index (χ0n) is 44.3. The number of nitrogens with two attached hydrogens (primary N) is 2. The molecule has 2 unspecified atom stereocenters. The lowest BCUT2D eigenvalue weighted by Crippen LogP contribution is -2.53. The van der Waals surface area contributed by atoms with Gasteiger partial charge in [0.1, 0.15) is 15.8 Å². The molecular formula is C50H57BrF6N14O10. The smallest absolute Gasteiger partial charge is 0.421 e. The Balaban J connectivity index is 0.000000219. The Labute approximate surface area is 466 Å². The summed E-state index contributed by atoms with van der Waals surface area (Å²) >= 11 is 3.07. The molecule has 0 aliphatic carbocycles. The van der Waals surface area contributed by atoms with Gasteiger partial charge in [-0.25, -0.2) is 34.2 Å². The number of ether oxygens (including phenoxy) is 2. The van der Waals surface area contributed by atoms with Crippen molar-refractivity contribution in [2.45, 2.75) is 102 Å². The quantitative estimate of drug-likeness (QED) is 0.0389. The normalized spacial score (nSPS) is 16.1. The number of alkyl halides is 6. The van der Waals surface area contributed by atoms with Gasteiger partial charge in [0.15, 0.2) is 17.0 Å². The number of aliphatic hydroxyl groups is 2. The third kappa shape index (κ3) is 14.5. The van der Waals surface area contributed by atoms with Crippen LogP contribution in [0, 0.1) is 32.1 Å². The van der Waals surface area contributed by atoms with E-state index in [9.17, 15) is 66.4 Å². The summed E-state index contributed by atoms with van der Waals surface area (Å²) < 4.78 is 96.4. The molecule has 6 aromatic rings. The molecule has 2 atom stereocenters. The number of piperidine rings is 2. The maximum absolute atomic E-state index is 14.3. The number of hydrogen-bond acceptors (Lipinski definition) is 18. The number of hydrogen-bond donors (Lipinski definition) is 5. The van der Waals surface area contributed by atoms with Crippen molar-refractivity contribution in [3.8, 4) is 28.1 Å². The first kappa shape index (κ1) is 62.1. The molecule has 24 nitrogen and oxygen atoms in total. The average Bonchev–Trinajstić information content (AvgIpc) is 4.16. The zero-order valence-corrected chi connectivity index (χ0v) is 45.9. The molecule has 0 spiro atoms. The van der Waals surface area contributed by atoms with E-state index in [1.54, 1.807) is 47.7 Å². The van der Waals surface area contributed by atoms with Crippen LogP contribution in [0.4, 0.5) is 58.9 Å². The van der Waals surface area contributed by atoms with Gasteiger partial charge in [-0.3, -0.25) is 25.3 Å². The van der Waals surface area contributed by atoms with Crippen molar-refractivity contribution in [1.82, 2.24) is 49.7 Å². The molecule has 2 aliphatic heterocycles. The largest absolute Gasteiger partial charge is 0.444 e. The van der Waals surface area contributed by atoms with Gasteiger partial charge in [-0.05, 0) is 107 Å². The first-order chi connectivity index (χ1) is 37.7. The number of nitrogens with zero attached hydrogens (tertiary/aromatic N) is 11. The minimum Gasteiger partial charge on any atom is -0.444 e. The number of amides is 2. The van der Waals surface area contributed by atoms with Gasteiger partial charge in [0.05, 0.1) is 33.4 Å². The van der Waals surface area contributed by atoms with E-state index in [0.717, 1.165) is 18.5 Å². The highest BCUT2D eigenvalue weighted by Gasteiger charge is 2.61. The molecule has 0 radical (unpaired) electrons. The van der Waals surface area contributed by atoms with Gasteiger partial charge in [0, 0.05) is 97.4 Å². The zero-order chi connectivity index (χ0) is 60.0. The predicted molar refractivity (Wildman–Crippen MR) is 281 cm³/mol. The number of anilines is 2. The van der Waals surface area contributed by atoms with E-state index < -0.39 is 79.9 Å². The van der Waals surface area contributed by atoms with Gasteiger partial charge in [0.25, 0.3) is 0 Å². The Hall–Kier alpha value is -8.06. The number of nitro groups is 2. The third-order valence-corrected chi connectivity index (χ3v) is 13.4. The SMILES string of the molecule is CC(C)(C)OC(=O)N1CCC(C(O)(c2ccc(-n3cc(-c4ccnc(N)c4[N+](=O)[O-])cn3)nc2)C(F)(F)F)CC1.CC(C)(C)OC(=O)N1CCC(C(O)(c2ccc(Br)nc2)C(F)(F)F)CC1.Nc1nccc(-c2cn[nH]c2)c1[N+](=O)[O-]. The minimum atomic E-state index is -5.02. The van der Waals surface area contributed by atoms with E-state index in [1.165, 1.54) is 75.8 Å². The molecule has 0 bridgehead atoms. The second-order valence-electron chi connectivity index (χ2n) is 20.6. The first-order valence-corrected chi connectivity index (χ1v) is 25.4. The van der Waals surface area contributed by atoms with E-state index in [0.29, 0.717) is 21.3 Å². The molecule has 0 saturated carbocycles. The fraction of sp³-hybridized carbons (Fsp3) is 0.440. The molecule has 2 saturated heterocycles. The maximum atomic E-state index is 14.3. The molecule has 6 aromatic heterocycles. The van der Waals surface area contributed by atoms with Crippen molar-refractivity contribution in [3.63, 3.8) is 0 Å². The lowest BCUT2D eigenvalue weighted by molar-refractivity contribution is -0.383. The molecule has 2 amide bonds. The summed E-state index contributed by atoms with van der Waals surface area (Å²) in [5.41, 5.74) is 3.58. The summed E-state index contributed by atoms with van der Waals surface area (Å²) in [4.78, 5) is 63.4. The second kappa shape index (κ2) is 24.3. The summed E-state index contributed by atoms with van der Waals surface area (Å²) in [5, 5.41) is 54.4. The lowest BCUT2D eigenvalue weighted by Gasteiger charge is -2.42. The highest BCUT2D eigenvalue weighted by Crippen LogP contribution is 2.50. The number of aromatic nitrogens is 8. The number of carbonyl (C=O) groups is 2. The van der Waals surface area contributed by atoms with Crippen LogP contribution in [0.15, 0.2) is 90.6 Å². The molecule has 8 heterocycles. The van der Waals surface area contributed by atoms with Gasteiger partial charge in [-0.15, -0.1) is 0 Å². The van der Waals surface area contributed by atoms with Crippen molar-refractivity contribution in [2.24, 2.45) is 11.8 Å². The van der Waals surface area contributed by atoms with Crippen molar-refractivity contribution in [3.05, 3.63) is 122 Å². The number of likely N-dealkylation sites (tertiary alicyclic amines) is 2. The topological polar surface area (TPSA) is 336 Å². The van der Waals surface area contributed by atoms with Crippen LogP contribution in [0.1, 0.15) is 78.4 Å². The Morgan fingerprint density at radius 1 is 0.654 bits per heavy atom. The van der Waals surface area contributed by atoms with Crippen LogP contribution in [-0.2, 0) is 20.7 Å². The third-order valence-electron chi connectivity index (χ3n) is 12.9. The van der Waals surface area contributed by atoms with Gasteiger partial charge < -0.3 is 41.0 Å². The second-order valence-corrected chi connectivity index (χ2v) is 21.5. The Kier molecular flexibility index (Phi) is 18.7. The Bertz CT molecular complexity index is 3160. The van der Waals surface area contributed by atoms with Gasteiger partial charge in [-0.1, -0.05) is 12.1 Å². The van der Waals surface area contributed by atoms with Gasteiger partial charge in [-0.2, -0.15) is 36.5 Å². The summed E-state index contributed by atoms with van der Waals surface area (Å²) in [5.74, 6) is -2.57. The van der Waals surface area contributed by atoms with Crippen molar-refractivity contribution < 1.29 is 65.5 Å². The summed E-state index contributed by atoms with van der Waals surface area (Å²) in [6.07, 6.45) is -0.801. The van der Waals surface area contributed by atoms with Crippen LogP contribution < -0.4 is 11.5 Å². The number of halogens is 7. The highest BCUT2D eigenvalue weighted by molar-refractivity contribution is 9.10. The fourth-order valence-corrected chi connectivity index (χ4v) is 9.23.